The maximum atomic E-state index is 12.5. The van der Waals surface area contributed by atoms with Crippen LogP contribution in [0, 0.1) is 0 Å². The molecule has 0 bridgehead atoms. The fraction of sp³-hybridized carbons (Fsp3) is 0.750. The van der Waals surface area contributed by atoms with Gasteiger partial charge in [0.25, 0.3) is 0 Å². The largest absolute Gasteiger partial charge is 0.342 e. The van der Waals surface area contributed by atoms with Gasteiger partial charge in [0.15, 0.2) is 0 Å². The molecule has 0 aromatic carbocycles. The summed E-state index contributed by atoms with van der Waals surface area (Å²) in [7, 11) is -0.748. The summed E-state index contributed by atoms with van der Waals surface area (Å²) in [6.07, 6.45) is 0.766. The first-order chi connectivity index (χ1) is 10.5. The summed E-state index contributed by atoms with van der Waals surface area (Å²) in [6.45, 7) is 1.20. The molecule has 10 nitrogen and oxygen atoms in total. The zero-order chi connectivity index (χ0) is 17.9. The summed E-state index contributed by atoms with van der Waals surface area (Å²) >= 11 is 0. The van der Waals surface area contributed by atoms with Crippen LogP contribution in [0.5, 0.6) is 0 Å². The molecule has 1 aliphatic rings. The van der Waals surface area contributed by atoms with Gasteiger partial charge in [-0.25, -0.2) is 13.9 Å². The highest BCUT2D eigenvalue weighted by molar-refractivity contribution is 7.88. The van der Waals surface area contributed by atoms with Gasteiger partial charge in [-0.15, -0.1) is 0 Å². The van der Waals surface area contributed by atoms with Gasteiger partial charge in [-0.05, 0) is 6.92 Å². The van der Waals surface area contributed by atoms with Crippen molar-refractivity contribution in [3.05, 3.63) is 0 Å². The number of nitrogens with one attached hydrogen (secondary N) is 1. The summed E-state index contributed by atoms with van der Waals surface area (Å²) in [5.41, 5.74) is 1.49. The highest BCUT2D eigenvalue weighted by Crippen LogP contribution is 2.19. The molecule has 0 aromatic rings. The number of likely N-dealkylation sites (N-methyl/N-ethyl adjacent to an activating group) is 2. The van der Waals surface area contributed by atoms with Gasteiger partial charge >= 0.3 is 0 Å². The number of sulfonamides is 1. The Labute approximate surface area is 135 Å². The third-order valence-electron chi connectivity index (χ3n) is 3.79. The smallest absolute Gasteiger partial charge is 0.245 e. The normalized spacial score (nSPS) is 22.4. The molecule has 2 atom stereocenters. The molecule has 23 heavy (non-hydrogen) atoms. The molecule has 0 saturated carbocycles. The Morgan fingerprint density at radius 1 is 1.43 bits per heavy atom. The second kappa shape index (κ2) is 7.23. The molecule has 2 N–H and O–H groups in total. The highest BCUT2D eigenvalue weighted by atomic mass is 32.2. The second-order valence-electron chi connectivity index (χ2n) is 5.61. The standard InChI is InChI=1S/C12H22N4O6S/c1-8-12(19)14(2)6-9(5-10(17)13-20)16(8)11(18)7-15(3)23(4,21)22/h8-9,20H,5-7H2,1-4H3,(H,13,17)/t8-,9?/m0/s1. The van der Waals surface area contributed by atoms with Crippen molar-refractivity contribution < 1.29 is 28.0 Å². The molecule has 11 heteroatoms. The molecule has 132 valence electrons. The fourth-order valence-corrected chi connectivity index (χ4v) is 2.82. The van der Waals surface area contributed by atoms with E-state index < -0.39 is 40.5 Å². The van der Waals surface area contributed by atoms with E-state index in [1.165, 1.54) is 29.3 Å². The van der Waals surface area contributed by atoms with Crippen LogP contribution < -0.4 is 5.48 Å². The number of nitrogens with zero attached hydrogens (tertiary/aromatic N) is 3. The number of amides is 3. The van der Waals surface area contributed by atoms with E-state index in [0.29, 0.717) is 0 Å². The van der Waals surface area contributed by atoms with Gasteiger partial charge in [0.05, 0.1) is 25.3 Å². The van der Waals surface area contributed by atoms with Crippen LogP contribution >= 0.6 is 0 Å². The van der Waals surface area contributed by atoms with E-state index in [-0.39, 0.29) is 18.9 Å². The van der Waals surface area contributed by atoms with Crippen molar-refractivity contribution in [1.82, 2.24) is 19.6 Å². The minimum Gasteiger partial charge on any atom is -0.342 e. The van der Waals surface area contributed by atoms with E-state index in [1.807, 2.05) is 0 Å². The Hall–Kier alpha value is -1.72. The lowest BCUT2D eigenvalue weighted by atomic mass is 10.0. The quantitative estimate of drug-likeness (QED) is 0.429. The van der Waals surface area contributed by atoms with Crippen LogP contribution in [0.25, 0.3) is 0 Å². The SMILES string of the molecule is C[C@H]1C(=O)N(C)CC(CC(=O)NO)N1C(=O)CN(C)S(C)(=O)=O. The van der Waals surface area contributed by atoms with Crippen molar-refractivity contribution in [1.29, 1.82) is 0 Å². The molecule has 1 rings (SSSR count). The fourth-order valence-electron chi connectivity index (χ4n) is 2.48. The molecule has 1 fully saturated rings. The van der Waals surface area contributed by atoms with E-state index in [9.17, 15) is 22.8 Å². The lowest BCUT2D eigenvalue weighted by Gasteiger charge is -2.43. The summed E-state index contributed by atoms with van der Waals surface area (Å²) < 4.78 is 23.7. The van der Waals surface area contributed by atoms with Gasteiger partial charge in [-0.3, -0.25) is 19.6 Å². The molecule has 1 aliphatic heterocycles. The van der Waals surface area contributed by atoms with E-state index in [2.05, 4.69) is 0 Å². The van der Waals surface area contributed by atoms with E-state index in [0.717, 1.165) is 10.6 Å². The first-order valence-electron chi connectivity index (χ1n) is 6.89. The van der Waals surface area contributed by atoms with Crippen molar-refractivity contribution >= 4 is 27.7 Å². The number of hydrogen-bond donors (Lipinski definition) is 2. The molecule has 0 radical (unpaired) electrons. The van der Waals surface area contributed by atoms with Crippen molar-refractivity contribution in [2.45, 2.75) is 25.4 Å². The molecular weight excluding hydrogens is 328 g/mol. The molecule has 0 spiro atoms. The minimum absolute atomic E-state index is 0.116. The Morgan fingerprint density at radius 2 is 2.00 bits per heavy atom. The number of piperazine rings is 1. The van der Waals surface area contributed by atoms with E-state index >= 15 is 0 Å². The number of carbonyl (C=O) groups excluding carboxylic acids is 3. The average molecular weight is 350 g/mol. The Balaban J connectivity index is 3.01. The number of carbonyl (C=O) groups is 3. The van der Waals surface area contributed by atoms with Crippen LogP contribution in [-0.2, 0) is 24.4 Å². The molecule has 1 heterocycles. The van der Waals surface area contributed by atoms with Crippen molar-refractivity contribution in [2.24, 2.45) is 0 Å². The molecule has 1 unspecified atom stereocenters. The van der Waals surface area contributed by atoms with Gasteiger partial charge in [0.2, 0.25) is 27.7 Å². The Morgan fingerprint density at radius 3 is 2.48 bits per heavy atom. The average Bonchev–Trinajstić information content (AvgIpc) is 2.43. The minimum atomic E-state index is -3.55. The molecule has 3 amide bonds. The summed E-state index contributed by atoms with van der Waals surface area (Å²) in [5, 5.41) is 8.66. The van der Waals surface area contributed by atoms with E-state index in [1.54, 1.807) is 7.05 Å². The maximum Gasteiger partial charge on any atom is 0.245 e. The predicted octanol–water partition coefficient (Wildman–Crippen LogP) is -2.17. The van der Waals surface area contributed by atoms with Crippen LogP contribution in [0.15, 0.2) is 0 Å². The van der Waals surface area contributed by atoms with Gasteiger partial charge in [0, 0.05) is 20.6 Å². The van der Waals surface area contributed by atoms with Gasteiger partial charge in [-0.1, -0.05) is 0 Å². The second-order valence-corrected chi connectivity index (χ2v) is 7.70. The first-order valence-corrected chi connectivity index (χ1v) is 8.74. The zero-order valence-electron chi connectivity index (χ0n) is 13.5. The zero-order valence-corrected chi connectivity index (χ0v) is 14.3. The van der Waals surface area contributed by atoms with Crippen LogP contribution in [-0.4, -0.2) is 91.0 Å². The predicted molar refractivity (Wildman–Crippen MR) is 79.8 cm³/mol. The molecule has 0 aliphatic carbocycles. The van der Waals surface area contributed by atoms with Crippen molar-refractivity contribution in [3.63, 3.8) is 0 Å². The lowest BCUT2D eigenvalue weighted by molar-refractivity contribution is -0.155. The van der Waals surface area contributed by atoms with E-state index in [4.69, 9.17) is 5.21 Å². The number of hydrogen-bond acceptors (Lipinski definition) is 6. The lowest BCUT2D eigenvalue weighted by Crippen LogP contribution is -2.63. The topological polar surface area (TPSA) is 127 Å². The summed E-state index contributed by atoms with van der Waals surface area (Å²) in [6, 6.07) is -1.48. The number of rotatable bonds is 5. The summed E-state index contributed by atoms with van der Waals surface area (Å²) in [4.78, 5) is 38.5. The van der Waals surface area contributed by atoms with Gasteiger partial charge < -0.3 is 9.80 Å². The van der Waals surface area contributed by atoms with Crippen LogP contribution in [0.1, 0.15) is 13.3 Å². The maximum absolute atomic E-state index is 12.5. The van der Waals surface area contributed by atoms with Crippen LogP contribution in [0.3, 0.4) is 0 Å². The Bertz CT molecular complexity index is 592. The van der Waals surface area contributed by atoms with Crippen LogP contribution in [0.4, 0.5) is 0 Å². The Kier molecular flexibility index (Phi) is 6.08. The monoisotopic (exact) mass is 350 g/mol. The summed E-state index contributed by atoms with van der Waals surface area (Å²) in [5.74, 6) is -1.58. The molecule has 1 saturated heterocycles. The third kappa shape index (κ3) is 4.62. The van der Waals surface area contributed by atoms with Crippen molar-refractivity contribution in [3.8, 4) is 0 Å². The van der Waals surface area contributed by atoms with Gasteiger partial charge in [-0.2, -0.15) is 4.31 Å². The van der Waals surface area contributed by atoms with Crippen LogP contribution in [0.2, 0.25) is 0 Å². The molecular formula is C12H22N4O6S. The first kappa shape index (κ1) is 19.3. The highest BCUT2D eigenvalue weighted by Gasteiger charge is 2.40. The van der Waals surface area contributed by atoms with Gasteiger partial charge in [0.1, 0.15) is 6.04 Å². The molecule has 0 aromatic heterocycles. The third-order valence-corrected chi connectivity index (χ3v) is 5.05. The number of hydroxylamine groups is 1. The van der Waals surface area contributed by atoms with Crippen molar-refractivity contribution in [2.75, 3.05) is 33.4 Å².